The van der Waals surface area contributed by atoms with E-state index in [1.54, 1.807) is 0 Å². The van der Waals surface area contributed by atoms with Crippen LogP contribution in [0.5, 0.6) is 0 Å². The number of aromatic nitrogens is 2. The van der Waals surface area contributed by atoms with Gasteiger partial charge in [-0.3, -0.25) is 0 Å². The highest BCUT2D eigenvalue weighted by Gasteiger charge is 2.11. The first-order chi connectivity index (χ1) is 5.24. The normalized spacial score (nSPS) is 8.73. The van der Waals surface area contributed by atoms with Gasteiger partial charge in [0.05, 0.1) is 0 Å². The summed E-state index contributed by atoms with van der Waals surface area (Å²) in [6, 6.07) is 0. The molecular formula is C3H2N6O2. The number of nitrogens with zero attached hydrogens (tertiary/aromatic N) is 6. The van der Waals surface area contributed by atoms with Crippen LogP contribution in [0, 0.1) is 10.1 Å². The van der Waals surface area contributed by atoms with E-state index < -0.39 is 4.92 Å². The van der Waals surface area contributed by atoms with E-state index in [1.807, 2.05) is 0 Å². The third-order valence-corrected chi connectivity index (χ3v) is 0.886. The van der Waals surface area contributed by atoms with Crippen molar-refractivity contribution in [1.82, 2.24) is 9.66 Å². The van der Waals surface area contributed by atoms with Gasteiger partial charge in [0.15, 0.2) is 0 Å². The molecule has 0 saturated carbocycles. The summed E-state index contributed by atoms with van der Waals surface area (Å²) >= 11 is 0. The number of hydrogen-bond acceptors (Lipinski definition) is 4. The molecule has 0 aliphatic heterocycles. The lowest BCUT2D eigenvalue weighted by molar-refractivity contribution is -0.389. The summed E-state index contributed by atoms with van der Waals surface area (Å²) in [5.74, 6) is -0.350. The number of imidazole rings is 1. The Labute approximate surface area is 59.8 Å². The minimum absolute atomic E-state index is 0.350. The lowest BCUT2D eigenvalue weighted by atomic mass is 10.8. The van der Waals surface area contributed by atoms with E-state index in [2.05, 4.69) is 15.1 Å². The molecule has 0 aromatic carbocycles. The van der Waals surface area contributed by atoms with Crippen LogP contribution in [0.4, 0.5) is 5.82 Å². The van der Waals surface area contributed by atoms with E-state index in [9.17, 15) is 10.1 Å². The minimum atomic E-state index is -0.677. The molecule has 1 aromatic rings. The quantitative estimate of drug-likeness (QED) is 0.207. The smallest absolute Gasteiger partial charge is 0.358 e. The first-order valence-corrected chi connectivity index (χ1v) is 2.48. The maximum Gasteiger partial charge on any atom is 0.407 e. The summed E-state index contributed by atoms with van der Waals surface area (Å²) in [6.45, 7) is 0. The molecule has 8 nitrogen and oxygen atoms in total. The summed E-state index contributed by atoms with van der Waals surface area (Å²) in [5.41, 5.74) is 7.91. The molecule has 8 heteroatoms. The van der Waals surface area contributed by atoms with Crippen LogP contribution in [-0.4, -0.2) is 14.6 Å². The molecule has 0 aliphatic carbocycles. The molecule has 0 atom stereocenters. The van der Waals surface area contributed by atoms with Gasteiger partial charge in [-0.25, -0.2) is 0 Å². The van der Waals surface area contributed by atoms with Crippen LogP contribution in [-0.2, 0) is 0 Å². The predicted molar refractivity (Wildman–Crippen MR) is 33.4 cm³/mol. The Bertz CT molecular complexity index is 306. The lowest BCUT2D eigenvalue weighted by Crippen LogP contribution is -1.86. The topological polar surface area (TPSA) is 110 Å². The molecule has 0 radical (unpaired) electrons. The van der Waals surface area contributed by atoms with E-state index in [4.69, 9.17) is 5.53 Å². The lowest BCUT2D eigenvalue weighted by Gasteiger charge is -1.81. The van der Waals surface area contributed by atoms with Gasteiger partial charge in [0.2, 0.25) is 6.20 Å². The average Bonchev–Trinajstić information content (AvgIpc) is 2.37. The van der Waals surface area contributed by atoms with E-state index in [-0.39, 0.29) is 5.82 Å². The van der Waals surface area contributed by atoms with Gasteiger partial charge in [0.25, 0.3) is 0 Å². The van der Waals surface area contributed by atoms with Crippen LogP contribution in [0.15, 0.2) is 17.7 Å². The fourth-order valence-electron chi connectivity index (χ4n) is 0.493. The van der Waals surface area contributed by atoms with Crippen molar-refractivity contribution in [1.29, 1.82) is 0 Å². The van der Waals surface area contributed by atoms with Gasteiger partial charge in [-0.05, 0) is 10.1 Å². The van der Waals surface area contributed by atoms with Crippen LogP contribution in [0.25, 0.3) is 10.4 Å². The Morgan fingerprint density at radius 3 is 3.09 bits per heavy atom. The summed E-state index contributed by atoms with van der Waals surface area (Å²) in [4.78, 5) is 15.1. The molecule has 0 amide bonds. The Morgan fingerprint density at radius 2 is 2.64 bits per heavy atom. The molecule has 0 fully saturated rings. The largest absolute Gasteiger partial charge is 0.407 e. The Hall–Kier alpha value is -2.08. The number of rotatable bonds is 2. The highest BCUT2D eigenvalue weighted by atomic mass is 16.6. The monoisotopic (exact) mass is 154 g/mol. The summed E-state index contributed by atoms with van der Waals surface area (Å²) in [6.07, 6.45) is 2.07. The molecule has 1 rings (SSSR count). The van der Waals surface area contributed by atoms with Crippen molar-refractivity contribution in [3.63, 3.8) is 0 Å². The van der Waals surface area contributed by atoms with Crippen molar-refractivity contribution in [2.45, 2.75) is 0 Å². The van der Waals surface area contributed by atoms with Crippen LogP contribution in [0.1, 0.15) is 0 Å². The molecule has 1 aromatic heterocycles. The summed E-state index contributed by atoms with van der Waals surface area (Å²) < 4.78 is 0.915. The maximum absolute atomic E-state index is 10.0. The zero-order valence-electron chi connectivity index (χ0n) is 5.15. The molecule has 1 heterocycles. The molecule has 0 spiro atoms. The third kappa shape index (κ3) is 1.43. The fourth-order valence-corrected chi connectivity index (χ4v) is 0.493. The molecule has 0 aliphatic rings. The SMILES string of the molecule is [N-]=[N+]=Nn1cnc([N+](=O)[O-])c1. The molecular weight excluding hydrogens is 152 g/mol. The van der Waals surface area contributed by atoms with Gasteiger partial charge in [0.1, 0.15) is 0 Å². The van der Waals surface area contributed by atoms with Crippen molar-refractivity contribution < 1.29 is 4.92 Å². The second kappa shape index (κ2) is 2.67. The fraction of sp³-hybridized carbons (Fsp3) is 0. The van der Waals surface area contributed by atoms with Crippen molar-refractivity contribution in [2.24, 2.45) is 5.22 Å². The first kappa shape index (κ1) is 7.03. The second-order valence-electron chi connectivity index (χ2n) is 1.55. The summed E-state index contributed by atoms with van der Waals surface area (Å²) in [7, 11) is 0. The summed E-state index contributed by atoms with van der Waals surface area (Å²) in [5, 5.41) is 13.1. The van der Waals surface area contributed by atoms with E-state index >= 15 is 0 Å². The first-order valence-electron chi connectivity index (χ1n) is 2.48. The molecule has 11 heavy (non-hydrogen) atoms. The van der Waals surface area contributed by atoms with Crippen molar-refractivity contribution in [3.8, 4) is 0 Å². The molecule has 0 bridgehead atoms. The van der Waals surface area contributed by atoms with Crippen LogP contribution in [0.2, 0.25) is 0 Å². The Morgan fingerprint density at radius 1 is 1.91 bits per heavy atom. The van der Waals surface area contributed by atoms with Crippen LogP contribution >= 0.6 is 0 Å². The van der Waals surface area contributed by atoms with Gasteiger partial charge in [0, 0.05) is 4.98 Å². The number of hydrogen-bond donors (Lipinski definition) is 0. The van der Waals surface area contributed by atoms with Crippen LogP contribution < -0.4 is 0 Å². The van der Waals surface area contributed by atoms with Crippen molar-refractivity contribution >= 4 is 5.82 Å². The second-order valence-corrected chi connectivity index (χ2v) is 1.55. The van der Waals surface area contributed by atoms with Gasteiger partial charge in [-0.15, -0.1) is 10.2 Å². The molecule has 0 saturated heterocycles. The Balaban J connectivity index is 2.99. The predicted octanol–water partition coefficient (Wildman–Crippen LogP) is 0.865. The zero-order chi connectivity index (χ0) is 8.27. The standard InChI is InChI=1S/C3H2N6O2/c4-6-7-8-1-3(5-2-8)9(10)11/h1-2H. The Kier molecular flexibility index (Phi) is 1.71. The highest BCUT2D eigenvalue weighted by molar-refractivity contribution is 5.11. The number of azide groups is 1. The number of nitro groups is 1. The van der Waals surface area contributed by atoms with E-state index in [0.717, 1.165) is 17.2 Å². The van der Waals surface area contributed by atoms with Gasteiger partial charge >= 0.3 is 12.1 Å². The van der Waals surface area contributed by atoms with Crippen LogP contribution in [0.3, 0.4) is 0 Å². The maximum atomic E-state index is 10.0. The minimum Gasteiger partial charge on any atom is -0.358 e. The van der Waals surface area contributed by atoms with Crippen molar-refractivity contribution in [2.75, 3.05) is 0 Å². The van der Waals surface area contributed by atoms with Gasteiger partial charge in [-0.2, -0.15) is 4.91 Å². The highest BCUT2D eigenvalue weighted by Crippen LogP contribution is 2.04. The van der Waals surface area contributed by atoms with Gasteiger partial charge in [-0.1, -0.05) is 0 Å². The molecule has 0 N–H and O–H groups in total. The van der Waals surface area contributed by atoms with Gasteiger partial charge < -0.3 is 10.1 Å². The molecule has 0 unspecified atom stereocenters. The van der Waals surface area contributed by atoms with E-state index in [1.165, 1.54) is 0 Å². The molecule has 56 valence electrons. The van der Waals surface area contributed by atoms with E-state index in [0.29, 0.717) is 0 Å². The zero-order valence-corrected chi connectivity index (χ0v) is 5.15. The average molecular weight is 154 g/mol. The van der Waals surface area contributed by atoms with Crippen molar-refractivity contribution in [3.05, 3.63) is 33.1 Å². The third-order valence-electron chi connectivity index (χ3n) is 0.886.